The number of hydrogen-bond donors (Lipinski definition) is 0. The average Bonchev–Trinajstić information content (AvgIpc) is 3.35. The first-order chi connectivity index (χ1) is 21.7. The molecule has 4 aliphatic carbocycles. The van der Waals surface area contributed by atoms with Crippen molar-refractivity contribution in [2.45, 2.75) is 31.6 Å². The van der Waals surface area contributed by atoms with E-state index in [0.717, 1.165) is 24.3 Å². The number of benzene rings is 3. The van der Waals surface area contributed by atoms with Crippen LogP contribution in [0, 0.1) is 29.6 Å². The highest BCUT2D eigenvalue weighted by Gasteiger charge is 2.62. The minimum atomic E-state index is -0.202. The highest BCUT2D eigenvalue weighted by Crippen LogP contribution is 2.68. The molecule has 218 valence electrons. The van der Waals surface area contributed by atoms with E-state index in [1.165, 1.54) is 39.3 Å². The smallest absolute Gasteiger partial charge is 0.0503 e. The molecule has 3 aromatic carbocycles. The van der Waals surface area contributed by atoms with Gasteiger partial charge in [-0.05, 0) is 90.8 Å². The quantitative estimate of drug-likeness (QED) is 0.286. The van der Waals surface area contributed by atoms with Crippen LogP contribution in [0.5, 0.6) is 0 Å². The number of allylic oxidation sites excluding steroid dienone is 14. The fourth-order valence-electron chi connectivity index (χ4n) is 8.89. The third kappa shape index (κ3) is 4.20. The Labute approximate surface area is 267 Å². The monoisotopic (exact) mass is 591 g/mol. The van der Waals surface area contributed by atoms with Crippen LogP contribution in [-0.4, -0.2) is 0 Å². The Morgan fingerprint density at radius 1 is 0.750 bits per heavy atom. The number of anilines is 3. The zero-order valence-corrected chi connectivity index (χ0v) is 25.9. The summed E-state index contributed by atoms with van der Waals surface area (Å²) in [5, 5.41) is 0.974. The predicted molar refractivity (Wildman–Crippen MR) is 186 cm³/mol. The van der Waals surface area contributed by atoms with Gasteiger partial charge >= 0.3 is 0 Å². The van der Waals surface area contributed by atoms with Crippen LogP contribution in [0.25, 0.3) is 0 Å². The highest BCUT2D eigenvalue weighted by molar-refractivity contribution is 6.29. The lowest BCUT2D eigenvalue weighted by atomic mass is 9.58. The molecule has 0 bridgehead atoms. The zero-order valence-electron chi connectivity index (χ0n) is 25.2. The van der Waals surface area contributed by atoms with Gasteiger partial charge in [-0.25, -0.2) is 0 Å². The van der Waals surface area contributed by atoms with Crippen LogP contribution in [0.1, 0.15) is 37.3 Å². The first kappa shape index (κ1) is 27.5. The van der Waals surface area contributed by atoms with Crippen LogP contribution in [0.2, 0.25) is 0 Å². The number of hydrogen-bond acceptors (Lipinski definition) is 1. The second-order valence-corrected chi connectivity index (χ2v) is 13.4. The molecule has 5 aliphatic rings. The number of nitrogens with zero attached hydrogens (tertiary/aromatic N) is 1. The molecule has 5 atom stereocenters. The largest absolute Gasteiger partial charge is 0.310 e. The van der Waals surface area contributed by atoms with Crippen LogP contribution >= 0.6 is 11.6 Å². The summed E-state index contributed by atoms with van der Waals surface area (Å²) in [4.78, 5) is 2.48. The van der Waals surface area contributed by atoms with E-state index in [9.17, 15) is 0 Å². The number of rotatable bonds is 2. The van der Waals surface area contributed by atoms with Gasteiger partial charge in [-0.1, -0.05) is 139 Å². The summed E-state index contributed by atoms with van der Waals surface area (Å²) >= 11 is 6.69. The molecular weight excluding hydrogens is 554 g/mol. The van der Waals surface area contributed by atoms with Gasteiger partial charge in [0.05, 0.1) is 11.4 Å². The first-order valence-corrected chi connectivity index (χ1v) is 16.5. The van der Waals surface area contributed by atoms with Crippen LogP contribution < -0.4 is 4.90 Å². The van der Waals surface area contributed by atoms with Crippen molar-refractivity contribution in [3.05, 3.63) is 173 Å². The van der Waals surface area contributed by atoms with Crippen molar-refractivity contribution in [3.63, 3.8) is 0 Å². The van der Waals surface area contributed by atoms with Gasteiger partial charge in [-0.15, -0.1) is 0 Å². The topological polar surface area (TPSA) is 3.24 Å². The van der Waals surface area contributed by atoms with E-state index in [4.69, 9.17) is 11.6 Å². The Morgan fingerprint density at radius 3 is 2.20 bits per heavy atom. The Morgan fingerprint density at radius 2 is 1.43 bits per heavy atom. The maximum absolute atomic E-state index is 6.69. The van der Waals surface area contributed by atoms with Crippen LogP contribution in [0.15, 0.2) is 162 Å². The molecule has 0 N–H and O–H groups in total. The lowest BCUT2D eigenvalue weighted by Gasteiger charge is -2.49. The molecule has 1 heterocycles. The molecule has 1 saturated carbocycles. The van der Waals surface area contributed by atoms with Gasteiger partial charge in [-0.3, -0.25) is 0 Å². The van der Waals surface area contributed by atoms with Gasteiger partial charge in [0, 0.05) is 22.1 Å². The summed E-state index contributed by atoms with van der Waals surface area (Å²) < 4.78 is 0. The molecule has 5 unspecified atom stereocenters. The van der Waals surface area contributed by atoms with E-state index in [0.29, 0.717) is 29.6 Å². The molecular formula is C42H38ClN. The van der Waals surface area contributed by atoms with E-state index < -0.39 is 0 Å². The fourth-order valence-corrected chi connectivity index (χ4v) is 9.09. The molecule has 0 amide bonds. The maximum Gasteiger partial charge on any atom is 0.0503 e. The average molecular weight is 592 g/mol. The van der Waals surface area contributed by atoms with E-state index in [1.807, 2.05) is 0 Å². The Kier molecular flexibility index (Phi) is 6.95. The van der Waals surface area contributed by atoms with Gasteiger partial charge in [0.15, 0.2) is 0 Å². The van der Waals surface area contributed by atoms with Gasteiger partial charge in [0.2, 0.25) is 0 Å². The summed E-state index contributed by atoms with van der Waals surface area (Å²) in [5.74, 6) is 1.80. The van der Waals surface area contributed by atoms with Crippen LogP contribution in [-0.2, 0) is 5.41 Å². The molecule has 1 fully saturated rings. The summed E-state index contributed by atoms with van der Waals surface area (Å²) in [6, 6.07) is 29.3. The molecule has 44 heavy (non-hydrogen) atoms. The fraction of sp³-hybridized carbons (Fsp3) is 0.238. The van der Waals surface area contributed by atoms with Gasteiger partial charge < -0.3 is 4.90 Å². The Hall–Kier alpha value is -4.07. The second kappa shape index (κ2) is 11.1. The summed E-state index contributed by atoms with van der Waals surface area (Å²) in [7, 11) is 0. The van der Waals surface area contributed by atoms with Crippen molar-refractivity contribution >= 4 is 28.7 Å². The van der Waals surface area contributed by atoms with Crippen molar-refractivity contribution in [1.82, 2.24) is 0 Å². The third-order valence-corrected chi connectivity index (χ3v) is 11.1. The first-order valence-electron chi connectivity index (χ1n) is 16.1. The van der Waals surface area contributed by atoms with Crippen LogP contribution in [0.4, 0.5) is 17.1 Å². The highest BCUT2D eigenvalue weighted by atomic mass is 35.5. The van der Waals surface area contributed by atoms with E-state index in [-0.39, 0.29) is 5.41 Å². The zero-order chi connectivity index (χ0) is 29.7. The van der Waals surface area contributed by atoms with E-state index >= 15 is 0 Å². The molecule has 8 rings (SSSR count). The second-order valence-electron chi connectivity index (χ2n) is 12.9. The van der Waals surface area contributed by atoms with Crippen molar-refractivity contribution in [1.29, 1.82) is 0 Å². The standard InChI is InChI=1S/C42H38ClN/c1-29-14-4-2-5-15-31(43)25-27-33(29)30-24-26-35-34-18-8-9-19-36(34)42(39(35)28-30)37-20-10-12-22-40(37)44(32-16-6-3-7-17-32)41-23-13-11-21-38(41)42/h2-4,6-14,16-26,28,33-36,39H,5,15,27H2,1H3/b4-2-,29-14+,31-25+. The molecule has 0 aromatic heterocycles. The minimum Gasteiger partial charge on any atom is -0.310 e. The normalized spacial score (nSPS) is 31.0. The number of para-hydroxylation sites is 3. The van der Waals surface area contributed by atoms with Crippen molar-refractivity contribution in [2.24, 2.45) is 29.6 Å². The maximum atomic E-state index is 6.69. The third-order valence-electron chi connectivity index (χ3n) is 10.7. The number of halogens is 1. The van der Waals surface area contributed by atoms with Crippen molar-refractivity contribution in [2.75, 3.05) is 4.90 Å². The molecule has 2 heteroatoms. The number of fused-ring (bicyclic) bond motifs is 9. The lowest BCUT2D eigenvalue weighted by molar-refractivity contribution is 0.357. The summed E-state index contributed by atoms with van der Waals surface area (Å²) in [6.45, 7) is 2.29. The molecule has 1 aliphatic heterocycles. The molecule has 1 spiro atoms. The van der Waals surface area contributed by atoms with Gasteiger partial charge in [0.1, 0.15) is 0 Å². The van der Waals surface area contributed by atoms with E-state index in [1.54, 1.807) is 0 Å². The molecule has 0 saturated heterocycles. The van der Waals surface area contributed by atoms with E-state index in [2.05, 4.69) is 158 Å². The molecule has 1 nitrogen and oxygen atoms in total. The minimum absolute atomic E-state index is 0.202. The van der Waals surface area contributed by atoms with Crippen molar-refractivity contribution in [3.8, 4) is 0 Å². The van der Waals surface area contributed by atoms with Crippen LogP contribution in [0.3, 0.4) is 0 Å². The lowest BCUT2D eigenvalue weighted by Crippen LogP contribution is -2.43. The summed E-state index contributed by atoms with van der Waals surface area (Å²) in [5.41, 5.74) is 9.25. The Balaban J connectivity index is 1.36. The Bertz CT molecular complexity index is 1750. The predicted octanol–water partition coefficient (Wildman–Crippen LogP) is 11.3. The molecule has 3 aromatic rings. The SMILES string of the molecule is C/C1=C\C=C/CC/C(Cl)=C\CC1C1=CC2C(C=C1)C1C=CC=CC1C21c2ccccc2N(c2ccccc2)c2ccccc21. The van der Waals surface area contributed by atoms with Gasteiger partial charge in [-0.2, -0.15) is 0 Å². The molecule has 0 radical (unpaired) electrons. The van der Waals surface area contributed by atoms with Crippen molar-refractivity contribution < 1.29 is 0 Å². The summed E-state index contributed by atoms with van der Waals surface area (Å²) in [6.07, 6.45) is 29.1. The van der Waals surface area contributed by atoms with Gasteiger partial charge in [0.25, 0.3) is 0 Å².